The first kappa shape index (κ1) is 21.2. The lowest BCUT2D eigenvalue weighted by molar-refractivity contribution is -0.177. The Labute approximate surface area is 151 Å². The van der Waals surface area contributed by atoms with Crippen molar-refractivity contribution in [2.45, 2.75) is 33.6 Å². The molecule has 0 amide bonds. The molecule has 0 aliphatic heterocycles. The minimum absolute atomic E-state index is 0.236. The third-order valence-electron chi connectivity index (χ3n) is 4.46. The van der Waals surface area contributed by atoms with Gasteiger partial charge in [0.05, 0.1) is 13.2 Å². The van der Waals surface area contributed by atoms with Crippen LogP contribution in [0.5, 0.6) is 0 Å². The van der Waals surface area contributed by atoms with Crippen molar-refractivity contribution in [2.24, 2.45) is 11.3 Å². The zero-order valence-electron chi connectivity index (χ0n) is 16.1. The Morgan fingerprint density at radius 1 is 1.04 bits per heavy atom. The van der Waals surface area contributed by atoms with Gasteiger partial charge in [-0.2, -0.15) is 0 Å². The van der Waals surface area contributed by atoms with Crippen molar-refractivity contribution in [2.75, 3.05) is 33.9 Å². The molecule has 1 aromatic carbocycles. The van der Waals surface area contributed by atoms with Crippen LogP contribution in [0.4, 0.5) is 0 Å². The molecule has 0 aromatic heterocycles. The maximum absolute atomic E-state index is 12.9. The maximum Gasteiger partial charge on any atom is 0.323 e. The molecule has 1 rings (SSSR count). The number of benzene rings is 1. The fourth-order valence-corrected chi connectivity index (χ4v) is 3.00. The molecule has 5 heteroatoms. The first-order valence-corrected chi connectivity index (χ1v) is 8.91. The molecule has 0 fully saturated rings. The number of hydrogen-bond donors (Lipinski definition) is 0. The quantitative estimate of drug-likeness (QED) is 0.480. The summed E-state index contributed by atoms with van der Waals surface area (Å²) in [5.41, 5.74) is -0.218. The van der Waals surface area contributed by atoms with Crippen LogP contribution < -0.4 is 0 Å². The molecule has 0 radical (unpaired) electrons. The van der Waals surface area contributed by atoms with E-state index >= 15 is 0 Å². The first-order valence-electron chi connectivity index (χ1n) is 8.91. The lowest BCUT2D eigenvalue weighted by Gasteiger charge is -2.35. The molecule has 1 aromatic rings. The summed E-state index contributed by atoms with van der Waals surface area (Å²) in [5.74, 6) is -1.22. The number of nitrogens with zero attached hydrogens (tertiary/aromatic N) is 1. The molecule has 1 atom stereocenters. The van der Waals surface area contributed by atoms with Gasteiger partial charge in [-0.1, -0.05) is 37.3 Å². The predicted molar refractivity (Wildman–Crippen MR) is 98.2 cm³/mol. The Balaban J connectivity index is 3.23. The minimum atomic E-state index is -1.30. The Hall–Kier alpha value is -1.88. The summed E-state index contributed by atoms with van der Waals surface area (Å²) in [6.45, 7) is 6.50. The Bertz CT molecular complexity index is 524. The van der Waals surface area contributed by atoms with E-state index in [1.165, 1.54) is 0 Å². The highest BCUT2D eigenvalue weighted by Crippen LogP contribution is 2.37. The van der Waals surface area contributed by atoms with Crippen LogP contribution in [0.15, 0.2) is 30.3 Å². The molecule has 0 spiro atoms. The van der Waals surface area contributed by atoms with E-state index in [0.717, 1.165) is 5.56 Å². The second-order valence-electron chi connectivity index (χ2n) is 6.56. The van der Waals surface area contributed by atoms with Crippen molar-refractivity contribution >= 4 is 11.9 Å². The number of carbonyl (C=O) groups excluding carboxylic acids is 2. The summed E-state index contributed by atoms with van der Waals surface area (Å²) in [5, 5.41) is 0. The number of esters is 2. The van der Waals surface area contributed by atoms with E-state index in [4.69, 9.17) is 9.47 Å². The van der Waals surface area contributed by atoms with Gasteiger partial charge < -0.3 is 14.4 Å². The van der Waals surface area contributed by atoms with Gasteiger partial charge >= 0.3 is 11.9 Å². The second-order valence-corrected chi connectivity index (χ2v) is 6.56. The summed E-state index contributed by atoms with van der Waals surface area (Å²) >= 11 is 0. The Morgan fingerprint density at radius 3 is 2.00 bits per heavy atom. The van der Waals surface area contributed by atoms with Crippen LogP contribution in [-0.4, -0.2) is 50.7 Å². The van der Waals surface area contributed by atoms with E-state index in [1.807, 2.05) is 56.3 Å². The van der Waals surface area contributed by atoms with Crippen molar-refractivity contribution in [1.82, 2.24) is 4.90 Å². The summed E-state index contributed by atoms with van der Waals surface area (Å²) in [6.07, 6.45) is 0.970. The first-order chi connectivity index (χ1) is 11.9. The van der Waals surface area contributed by atoms with Gasteiger partial charge in [0, 0.05) is 0 Å². The maximum atomic E-state index is 12.9. The fraction of sp³-hybridized carbons (Fsp3) is 0.600. The average molecular weight is 349 g/mol. The molecular formula is C20H31NO4. The summed E-state index contributed by atoms with van der Waals surface area (Å²) in [7, 11) is 3.84. The van der Waals surface area contributed by atoms with Crippen LogP contribution in [0.2, 0.25) is 0 Å². The highest BCUT2D eigenvalue weighted by molar-refractivity contribution is 6.00. The van der Waals surface area contributed by atoms with E-state index in [9.17, 15) is 9.59 Å². The van der Waals surface area contributed by atoms with Crippen LogP contribution >= 0.6 is 0 Å². The number of ether oxygens (including phenoxy) is 2. The van der Waals surface area contributed by atoms with Crippen molar-refractivity contribution < 1.29 is 19.1 Å². The standard InChI is InChI=1S/C20H31NO4/c1-6-24-18(22)20(13-14-21(4)5,19(23)25-7-2)16(3)15-17-11-9-8-10-12-17/h8-12,16H,6-7,13-15H2,1-5H3. The van der Waals surface area contributed by atoms with Crippen LogP contribution in [0.1, 0.15) is 32.8 Å². The fourth-order valence-electron chi connectivity index (χ4n) is 3.00. The molecule has 0 bridgehead atoms. The van der Waals surface area contributed by atoms with Crippen molar-refractivity contribution in [3.8, 4) is 0 Å². The molecule has 0 saturated heterocycles. The molecule has 140 valence electrons. The van der Waals surface area contributed by atoms with Gasteiger partial charge in [0.1, 0.15) is 0 Å². The Kier molecular flexibility index (Phi) is 8.62. The van der Waals surface area contributed by atoms with E-state index < -0.39 is 17.4 Å². The van der Waals surface area contributed by atoms with Crippen LogP contribution in [0.25, 0.3) is 0 Å². The lowest BCUT2D eigenvalue weighted by Crippen LogP contribution is -2.49. The molecule has 0 saturated carbocycles. The number of carbonyl (C=O) groups is 2. The van der Waals surface area contributed by atoms with Crippen LogP contribution in [-0.2, 0) is 25.5 Å². The molecule has 0 aliphatic carbocycles. The highest BCUT2D eigenvalue weighted by Gasteiger charge is 2.52. The smallest absolute Gasteiger partial charge is 0.323 e. The topological polar surface area (TPSA) is 55.8 Å². The number of hydrogen-bond acceptors (Lipinski definition) is 5. The highest BCUT2D eigenvalue weighted by atomic mass is 16.6. The van der Waals surface area contributed by atoms with E-state index in [2.05, 4.69) is 0 Å². The van der Waals surface area contributed by atoms with Crippen molar-refractivity contribution in [3.63, 3.8) is 0 Å². The largest absolute Gasteiger partial charge is 0.465 e. The zero-order valence-corrected chi connectivity index (χ0v) is 16.1. The van der Waals surface area contributed by atoms with E-state index in [0.29, 0.717) is 19.4 Å². The SMILES string of the molecule is CCOC(=O)C(CCN(C)C)(C(=O)OCC)C(C)Cc1ccccc1. The molecule has 1 unspecified atom stereocenters. The Morgan fingerprint density at radius 2 is 1.56 bits per heavy atom. The third kappa shape index (κ3) is 5.56. The zero-order chi connectivity index (χ0) is 18.9. The van der Waals surface area contributed by atoms with Crippen molar-refractivity contribution in [3.05, 3.63) is 35.9 Å². The van der Waals surface area contributed by atoms with Crippen LogP contribution in [0.3, 0.4) is 0 Å². The van der Waals surface area contributed by atoms with Gasteiger partial charge in [-0.15, -0.1) is 0 Å². The monoisotopic (exact) mass is 349 g/mol. The van der Waals surface area contributed by atoms with E-state index in [1.54, 1.807) is 13.8 Å². The predicted octanol–water partition coefficient (Wildman–Crippen LogP) is 2.93. The van der Waals surface area contributed by atoms with Gasteiger partial charge in [0.25, 0.3) is 0 Å². The normalized spacial score (nSPS) is 12.7. The van der Waals surface area contributed by atoms with Gasteiger partial charge in [-0.3, -0.25) is 9.59 Å². The molecule has 5 nitrogen and oxygen atoms in total. The number of rotatable bonds is 10. The van der Waals surface area contributed by atoms with Crippen molar-refractivity contribution in [1.29, 1.82) is 0 Å². The van der Waals surface area contributed by atoms with Gasteiger partial charge in [0.15, 0.2) is 5.41 Å². The van der Waals surface area contributed by atoms with Gasteiger partial charge in [-0.05, 0) is 58.8 Å². The second kappa shape index (κ2) is 10.2. The summed E-state index contributed by atoms with van der Waals surface area (Å²) in [6, 6.07) is 9.87. The minimum Gasteiger partial charge on any atom is -0.465 e. The molecule has 0 heterocycles. The van der Waals surface area contributed by atoms with Crippen LogP contribution in [0, 0.1) is 11.3 Å². The third-order valence-corrected chi connectivity index (χ3v) is 4.46. The molecular weight excluding hydrogens is 318 g/mol. The molecule has 0 N–H and O–H groups in total. The molecule has 25 heavy (non-hydrogen) atoms. The van der Waals surface area contributed by atoms with Gasteiger partial charge in [0.2, 0.25) is 0 Å². The summed E-state index contributed by atoms with van der Waals surface area (Å²) < 4.78 is 10.6. The average Bonchev–Trinajstić information content (AvgIpc) is 2.56. The lowest BCUT2D eigenvalue weighted by atomic mass is 9.71. The molecule has 0 aliphatic rings. The van der Waals surface area contributed by atoms with E-state index in [-0.39, 0.29) is 19.1 Å². The van der Waals surface area contributed by atoms with Gasteiger partial charge in [-0.25, -0.2) is 0 Å². The summed E-state index contributed by atoms with van der Waals surface area (Å²) in [4.78, 5) is 27.7.